The van der Waals surface area contributed by atoms with Gasteiger partial charge in [-0.2, -0.15) is 5.10 Å². The van der Waals surface area contributed by atoms with Crippen LogP contribution in [-0.4, -0.2) is 27.5 Å². The maximum Gasteiger partial charge on any atom is 0.333 e. The Morgan fingerprint density at radius 3 is 2.62 bits per heavy atom. The third-order valence-corrected chi connectivity index (χ3v) is 4.80. The molecular formula is C21H26N2O3. The summed E-state index contributed by atoms with van der Waals surface area (Å²) in [6, 6.07) is 9.55. The average molecular weight is 354 g/mol. The second-order valence-electron chi connectivity index (χ2n) is 6.79. The van der Waals surface area contributed by atoms with E-state index in [0.717, 1.165) is 29.8 Å². The molecule has 3 rings (SSSR count). The number of carbonyl (C=O) groups is 1. The smallest absolute Gasteiger partial charge is 0.333 e. The molecule has 0 aliphatic heterocycles. The molecule has 0 bridgehead atoms. The van der Waals surface area contributed by atoms with Crippen LogP contribution in [0.15, 0.2) is 35.9 Å². The van der Waals surface area contributed by atoms with Gasteiger partial charge in [0.1, 0.15) is 5.75 Å². The lowest BCUT2D eigenvalue weighted by Gasteiger charge is -2.24. The molecule has 1 aliphatic carbocycles. The number of aromatic hydroxyl groups is 1. The molecule has 1 fully saturated rings. The molecule has 0 atom stereocenters. The van der Waals surface area contributed by atoms with Gasteiger partial charge in [0, 0.05) is 11.1 Å². The minimum absolute atomic E-state index is 0.246. The number of rotatable bonds is 5. The molecule has 1 N–H and O–H groups in total. The summed E-state index contributed by atoms with van der Waals surface area (Å²) in [5, 5.41) is 14.4. The molecule has 0 spiro atoms. The Morgan fingerprint density at radius 2 is 1.96 bits per heavy atom. The van der Waals surface area contributed by atoms with Crippen molar-refractivity contribution >= 4 is 12.0 Å². The molecule has 0 saturated heterocycles. The Hall–Kier alpha value is -2.56. The van der Waals surface area contributed by atoms with E-state index in [1.165, 1.54) is 19.3 Å². The Balaban J connectivity index is 1.98. The summed E-state index contributed by atoms with van der Waals surface area (Å²) in [7, 11) is 0. The second-order valence-corrected chi connectivity index (χ2v) is 6.79. The number of carbonyl (C=O) groups excluding carboxylic acids is 1. The number of nitrogens with zero attached hydrogens (tertiary/aromatic N) is 2. The number of phenols is 1. The van der Waals surface area contributed by atoms with Gasteiger partial charge in [-0.3, -0.25) is 4.68 Å². The number of aromatic nitrogens is 2. The quantitative estimate of drug-likeness (QED) is 0.623. The zero-order valence-corrected chi connectivity index (χ0v) is 15.4. The van der Waals surface area contributed by atoms with E-state index in [1.807, 2.05) is 18.2 Å². The minimum Gasteiger partial charge on any atom is -0.508 e. The molecule has 5 nitrogen and oxygen atoms in total. The van der Waals surface area contributed by atoms with Crippen LogP contribution in [0.3, 0.4) is 0 Å². The van der Waals surface area contributed by atoms with Gasteiger partial charge in [-0.25, -0.2) is 4.79 Å². The largest absolute Gasteiger partial charge is 0.508 e. The third-order valence-electron chi connectivity index (χ3n) is 4.80. The van der Waals surface area contributed by atoms with Gasteiger partial charge in [0.05, 0.1) is 24.0 Å². The zero-order chi connectivity index (χ0) is 18.5. The number of hydrogen-bond acceptors (Lipinski definition) is 4. The number of phenolic OH excluding ortho intramolecular Hbond substituents is 1. The maximum atomic E-state index is 11.9. The first kappa shape index (κ1) is 18.2. The van der Waals surface area contributed by atoms with Gasteiger partial charge >= 0.3 is 5.97 Å². The van der Waals surface area contributed by atoms with E-state index in [9.17, 15) is 9.90 Å². The van der Waals surface area contributed by atoms with Crippen molar-refractivity contribution in [1.29, 1.82) is 0 Å². The summed E-state index contributed by atoms with van der Waals surface area (Å²) in [5.74, 6) is -0.0679. The van der Waals surface area contributed by atoms with E-state index in [1.54, 1.807) is 32.1 Å². The van der Waals surface area contributed by atoms with Crippen LogP contribution in [0, 0.1) is 0 Å². The van der Waals surface area contributed by atoms with Gasteiger partial charge in [0.25, 0.3) is 0 Å². The van der Waals surface area contributed by atoms with Crippen LogP contribution in [0.1, 0.15) is 57.7 Å². The van der Waals surface area contributed by atoms with Crippen molar-refractivity contribution in [3.05, 3.63) is 41.6 Å². The monoisotopic (exact) mass is 354 g/mol. The van der Waals surface area contributed by atoms with E-state index in [0.29, 0.717) is 18.2 Å². The van der Waals surface area contributed by atoms with Crippen LogP contribution < -0.4 is 0 Å². The van der Waals surface area contributed by atoms with Gasteiger partial charge in [0.15, 0.2) is 0 Å². The molecular weight excluding hydrogens is 328 g/mol. The molecule has 5 heteroatoms. The van der Waals surface area contributed by atoms with Gasteiger partial charge in [-0.05, 0) is 63.1 Å². The van der Waals surface area contributed by atoms with Gasteiger partial charge in [-0.1, -0.05) is 19.3 Å². The third kappa shape index (κ3) is 4.15. The second kappa shape index (κ2) is 8.21. The Kier molecular flexibility index (Phi) is 5.76. The molecule has 1 aromatic heterocycles. The van der Waals surface area contributed by atoms with E-state index in [2.05, 4.69) is 4.68 Å². The first-order valence-electron chi connectivity index (χ1n) is 9.33. The van der Waals surface area contributed by atoms with Crippen molar-refractivity contribution in [2.45, 2.75) is 52.0 Å². The zero-order valence-electron chi connectivity index (χ0n) is 15.4. The predicted octanol–water partition coefficient (Wildman–Crippen LogP) is 4.73. The van der Waals surface area contributed by atoms with Crippen molar-refractivity contribution in [2.75, 3.05) is 6.61 Å². The lowest BCUT2D eigenvalue weighted by atomic mass is 9.95. The first-order valence-corrected chi connectivity index (χ1v) is 9.33. The predicted molar refractivity (Wildman–Crippen MR) is 102 cm³/mol. The fourth-order valence-electron chi connectivity index (χ4n) is 3.46. The molecule has 26 heavy (non-hydrogen) atoms. The van der Waals surface area contributed by atoms with Crippen molar-refractivity contribution in [3.8, 4) is 17.0 Å². The molecule has 0 radical (unpaired) electrons. The van der Waals surface area contributed by atoms with Crippen LogP contribution in [0.25, 0.3) is 17.3 Å². The fraction of sp³-hybridized carbons (Fsp3) is 0.429. The van der Waals surface area contributed by atoms with Crippen molar-refractivity contribution in [3.63, 3.8) is 0 Å². The molecule has 1 heterocycles. The highest BCUT2D eigenvalue weighted by Gasteiger charge is 2.20. The van der Waals surface area contributed by atoms with E-state index >= 15 is 0 Å². The lowest BCUT2D eigenvalue weighted by Crippen LogP contribution is -2.15. The first-order chi connectivity index (χ1) is 12.6. The van der Waals surface area contributed by atoms with E-state index in [-0.39, 0.29) is 11.7 Å². The summed E-state index contributed by atoms with van der Waals surface area (Å²) < 4.78 is 7.15. The SMILES string of the molecule is CCOC(=O)/C(C)=C/c1cc(-c2ccc(O)cc2)n(C2CCCCC2)n1. The molecule has 138 valence electrons. The topological polar surface area (TPSA) is 64.3 Å². The van der Waals surface area contributed by atoms with Gasteiger partial charge in [0.2, 0.25) is 0 Å². The highest BCUT2D eigenvalue weighted by Crippen LogP contribution is 2.33. The Bertz CT molecular complexity index is 784. The van der Waals surface area contributed by atoms with E-state index < -0.39 is 0 Å². The summed E-state index contributed by atoms with van der Waals surface area (Å²) in [6.45, 7) is 3.91. The molecule has 1 aliphatic rings. The lowest BCUT2D eigenvalue weighted by molar-refractivity contribution is -0.138. The molecule has 0 amide bonds. The van der Waals surface area contributed by atoms with Crippen LogP contribution >= 0.6 is 0 Å². The highest BCUT2D eigenvalue weighted by molar-refractivity contribution is 5.92. The van der Waals surface area contributed by atoms with E-state index in [4.69, 9.17) is 9.84 Å². The summed E-state index contributed by atoms with van der Waals surface area (Å²) in [4.78, 5) is 11.9. The van der Waals surface area contributed by atoms with Crippen LogP contribution in [-0.2, 0) is 9.53 Å². The van der Waals surface area contributed by atoms with Gasteiger partial charge < -0.3 is 9.84 Å². The molecule has 1 saturated carbocycles. The summed E-state index contributed by atoms with van der Waals surface area (Å²) in [5.41, 5.74) is 3.32. The van der Waals surface area contributed by atoms with Crippen molar-refractivity contribution < 1.29 is 14.6 Å². The Morgan fingerprint density at radius 1 is 1.27 bits per heavy atom. The Labute approximate surface area is 154 Å². The maximum absolute atomic E-state index is 11.9. The summed E-state index contributed by atoms with van der Waals surface area (Å²) in [6.07, 6.45) is 7.72. The standard InChI is InChI=1S/C21H26N2O3/c1-3-26-21(25)15(2)13-17-14-20(16-9-11-19(24)12-10-16)23(22-17)18-7-5-4-6-8-18/h9-14,18,24H,3-8H2,1-2H3/b15-13+. The average Bonchev–Trinajstić information content (AvgIpc) is 3.07. The number of ether oxygens (including phenoxy) is 1. The number of benzene rings is 1. The van der Waals surface area contributed by atoms with Crippen molar-refractivity contribution in [1.82, 2.24) is 9.78 Å². The normalized spacial score (nSPS) is 15.8. The minimum atomic E-state index is -0.314. The van der Waals surface area contributed by atoms with Crippen LogP contribution in [0.5, 0.6) is 5.75 Å². The molecule has 0 unspecified atom stereocenters. The highest BCUT2D eigenvalue weighted by atomic mass is 16.5. The van der Waals surface area contributed by atoms with Crippen LogP contribution in [0.4, 0.5) is 0 Å². The fourth-order valence-corrected chi connectivity index (χ4v) is 3.46. The number of esters is 1. The summed E-state index contributed by atoms with van der Waals surface area (Å²) >= 11 is 0. The van der Waals surface area contributed by atoms with Gasteiger partial charge in [-0.15, -0.1) is 0 Å². The molecule has 1 aromatic carbocycles. The van der Waals surface area contributed by atoms with Crippen LogP contribution in [0.2, 0.25) is 0 Å². The van der Waals surface area contributed by atoms with Crippen molar-refractivity contribution in [2.24, 2.45) is 0 Å². The molecule has 2 aromatic rings. The number of hydrogen-bond donors (Lipinski definition) is 1.